The molecule has 0 unspecified atom stereocenters. The van der Waals surface area contributed by atoms with Gasteiger partial charge in [-0.1, -0.05) is 0 Å². The van der Waals surface area contributed by atoms with E-state index < -0.39 is 17.4 Å². The maximum atomic E-state index is 5.76. The van der Waals surface area contributed by atoms with E-state index in [1.54, 1.807) is 0 Å². The van der Waals surface area contributed by atoms with Crippen LogP contribution in [0.25, 0.3) is 0 Å². The van der Waals surface area contributed by atoms with Crippen molar-refractivity contribution >= 4 is 17.4 Å². The summed E-state index contributed by atoms with van der Waals surface area (Å²) in [6, 6.07) is 1.15. The second-order valence-corrected chi connectivity index (χ2v) is 10.6. The summed E-state index contributed by atoms with van der Waals surface area (Å²) in [7, 11) is -2.28. The van der Waals surface area contributed by atoms with Gasteiger partial charge in [0.25, 0.3) is 0 Å². The van der Waals surface area contributed by atoms with Crippen molar-refractivity contribution in [2.75, 3.05) is 19.8 Å². The summed E-state index contributed by atoms with van der Waals surface area (Å²) in [4.78, 5) is 0. The average Bonchev–Trinajstić information content (AvgIpc) is 2.07. The van der Waals surface area contributed by atoms with Gasteiger partial charge in [0.05, 0.1) is 0 Å². The molecule has 0 bridgehead atoms. The predicted octanol–water partition coefficient (Wildman–Crippen LogP) is 0.502. The monoisotopic (exact) mass is 206 g/mol. The van der Waals surface area contributed by atoms with Crippen LogP contribution in [-0.4, -0.2) is 37.2 Å². The molecule has 3 nitrogen and oxygen atoms in total. The van der Waals surface area contributed by atoms with Crippen LogP contribution in [0, 0.1) is 0 Å². The molecule has 1 saturated heterocycles. The maximum Gasteiger partial charge on any atom is 0.341 e. The molecular weight excluding hydrogens is 188 g/mol. The molecule has 0 saturated carbocycles. The summed E-state index contributed by atoms with van der Waals surface area (Å²) in [6.45, 7) is 6.57. The van der Waals surface area contributed by atoms with Gasteiger partial charge < -0.3 is 13.3 Å². The van der Waals surface area contributed by atoms with Crippen molar-refractivity contribution in [2.24, 2.45) is 0 Å². The van der Waals surface area contributed by atoms with Crippen molar-refractivity contribution in [2.45, 2.75) is 26.3 Å². The molecule has 12 heavy (non-hydrogen) atoms. The third-order valence-electron chi connectivity index (χ3n) is 1.98. The summed E-state index contributed by atoms with van der Waals surface area (Å²) in [5.41, 5.74) is 0. The lowest BCUT2D eigenvalue weighted by Gasteiger charge is -2.32. The van der Waals surface area contributed by atoms with Crippen molar-refractivity contribution < 1.29 is 13.3 Å². The van der Waals surface area contributed by atoms with E-state index in [0.29, 0.717) is 0 Å². The smallest absolute Gasteiger partial charge is 0.341 e. The van der Waals surface area contributed by atoms with E-state index in [2.05, 4.69) is 0 Å². The van der Waals surface area contributed by atoms with Gasteiger partial charge in [0.15, 0.2) is 0 Å². The zero-order valence-electron chi connectivity index (χ0n) is 7.97. The van der Waals surface area contributed by atoms with Crippen LogP contribution >= 0.6 is 0 Å². The zero-order valence-corrected chi connectivity index (χ0v) is 10.4. The molecule has 0 aromatic rings. The lowest BCUT2D eigenvalue weighted by Crippen LogP contribution is -2.52. The molecule has 0 amide bonds. The van der Waals surface area contributed by atoms with Gasteiger partial charge in [-0.25, -0.2) is 0 Å². The van der Waals surface area contributed by atoms with Gasteiger partial charge >= 0.3 is 8.08 Å². The van der Waals surface area contributed by atoms with Crippen LogP contribution in [0.15, 0.2) is 0 Å². The Bertz CT molecular complexity index is 110. The van der Waals surface area contributed by atoms with Gasteiger partial charge in [-0.05, 0) is 26.3 Å². The highest BCUT2D eigenvalue weighted by atomic mass is 29.2. The molecule has 0 aliphatic carbocycles. The molecule has 0 spiro atoms. The van der Waals surface area contributed by atoms with Crippen molar-refractivity contribution in [3.8, 4) is 0 Å². The van der Waals surface area contributed by atoms with Crippen LogP contribution < -0.4 is 0 Å². The summed E-state index contributed by atoms with van der Waals surface area (Å²) in [5, 5.41) is 0. The number of hydrogen-bond donors (Lipinski definition) is 0. The zero-order chi connectivity index (χ0) is 8.86. The first-order chi connectivity index (χ1) is 5.83. The molecule has 0 aromatic heterocycles. The minimum Gasteiger partial charge on any atom is -0.421 e. The van der Waals surface area contributed by atoms with Crippen molar-refractivity contribution in [1.82, 2.24) is 0 Å². The van der Waals surface area contributed by atoms with Gasteiger partial charge in [0, 0.05) is 19.8 Å². The molecule has 1 heterocycles. The summed E-state index contributed by atoms with van der Waals surface area (Å²) < 4.78 is 17.1. The van der Waals surface area contributed by atoms with E-state index in [1.807, 2.05) is 13.8 Å². The fourth-order valence-corrected chi connectivity index (χ4v) is 8.89. The third kappa shape index (κ3) is 2.67. The van der Waals surface area contributed by atoms with E-state index in [1.165, 1.54) is 0 Å². The molecule has 0 radical (unpaired) electrons. The normalized spacial score (nSPS) is 24.5. The SMILES string of the molecule is CCO[Si]1(OCC)CCCO[SiH2]1. The lowest BCUT2D eigenvalue weighted by atomic mass is 10.5. The Hall–Kier alpha value is 0.314. The Kier molecular flexibility index (Phi) is 4.45. The molecule has 1 aliphatic heterocycles. The summed E-state index contributed by atoms with van der Waals surface area (Å²) in [6.07, 6.45) is 1.12. The Morgan fingerprint density at radius 3 is 2.42 bits per heavy atom. The minimum atomic E-state index is -1.77. The quantitative estimate of drug-likeness (QED) is 0.627. The second-order valence-electron chi connectivity index (χ2n) is 2.93. The van der Waals surface area contributed by atoms with Crippen LogP contribution in [0.4, 0.5) is 0 Å². The van der Waals surface area contributed by atoms with E-state index in [0.717, 1.165) is 32.3 Å². The van der Waals surface area contributed by atoms with Gasteiger partial charge in [0.2, 0.25) is 9.28 Å². The van der Waals surface area contributed by atoms with Crippen LogP contribution in [0.2, 0.25) is 6.04 Å². The highest BCUT2D eigenvalue weighted by molar-refractivity contribution is 7.15. The average molecular weight is 206 g/mol. The molecule has 1 fully saturated rings. The standard InChI is InChI=1S/C7H18O3Si2/c1-3-9-12(10-4-2)7-5-6-8-11-12/h3-7,11H2,1-2H3. The molecule has 72 valence electrons. The molecule has 0 aromatic carbocycles. The van der Waals surface area contributed by atoms with E-state index in [4.69, 9.17) is 13.3 Å². The van der Waals surface area contributed by atoms with Crippen LogP contribution in [0.5, 0.6) is 0 Å². The second kappa shape index (κ2) is 5.13. The number of rotatable bonds is 4. The molecule has 0 atom stereocenters. The Labute approximate surface area is 77.4 Å². The first-order valence-electron chi connectivity index (χ1n) is 4.68. The van der Waals surface area contributed by atoms with Gasteiger partial charge in [-0.3, -0.25) is 0 Å². The van der Waals surface area contributed by atoms with Crippen LogP contribution in [0.1, 0.15) is 20.3 Å². The summed E-state index contributed by atoms with van der Waals surface area (Å²) >= 11 is 0. The molecule has 1 rings (SSSR count). The molecule has 0 N–H and O–H groups in total. The van der Waals surface area contributed by atoms with Crippen molar-refractivity contribution in [1.29, 1.82) is 0 Å². The molecular formula is C7H18O3Si2. The Balaban J connectivity index is 2.44. The van der Waals surface area contributed by atoms with Crippen molar-refractivity contribution in [3.63, 3.8) is 0 Å². The predicted molar refractivity (Wildman–Crippen MR) is 52.9 cm³/mol. The fourth-order valence-electron chi connectivity index (χ4n) is 1.54. The topological polar surface area (TPSA) is 27.7 Å². The molecule has 1 aliphatic rings. The highest BCUT2D eigenvalue weighted by Crippen LogP contribution is 2.19. The van der Waals surface area contributed by atoms with E-state index in [-0.39, 0.29) is 0 Å². The van der Waals surface area contributed by atoms with Gasteiger partial charge in [-0.2, -0.15) is 0 Å². The highest BCUT2D eigenvalue weighted by Gasteiger charge is 2.39. The Morgan fingerprint density at radius 1 is 1.33 bits per heavy atom. The van der Waals surface area contributed by atoms with Crippen LogP contribution in [0.3, 0.4) is 0 Å². The van der Waals surface area contributed by atoms with Gasteiger partial charge in [0.1, 0.15) is 0 Å². The first-order valence-corrected chi connectivity index (χ1v) is 9.61. The third-order valence-corrected chi connectivity index (χ3v) is 9.88. The number of hydrogen-bond acceptors (Lipinski definition) is 3. The Morgan fingerprint density at radius 2 is 2.00 bits per heavy atom. The van der Waals surface area contributed by atoms with E-state index >= 15 is 0 Å². The van der Waals surface area contributed by atoms with Crippen LogP contribution in [-0.2, 0) is 13.3 Å². The fraction of sp³-hybridized carbons (Fsp3) is 1.00. The molecule has 5 heteroatoms. The maximum absolute atomic E-state index is 5.76. The van der Waals surface area contributed by atoms with Gasteiger partial charge in [-0.15, -0.1) is 0 Å². The first kappa shape index (κ1) is 10.4. The largest absolute Gasteiger partial charge is 0.421 e. The van der Waals surface area contributed by atoms with Crippen molar-refractivity contribution in [3.05, 3.63) is 0 Å². The minimum absolute atomic E-state index is 0.512. The van der Waals surface area contributed by atoms with E-state index in [9.17, 15) is 0 Å². The summed E-state index contributed by atoms with van der Waals surface area (Å²) in [5.74, 6) is 0. The lowest BCUT2D eigenvalue weighted by molar-refractivity contribution is 0.181.